The van der Waals surface area contributed by atoms with Gasteiger partial charge in [0.05, 0.1) is 0 Å². The largest absolute Gasteiger partial charge is 0.316 e. The third-order valence-corrected chi connectivity index (χ3v) is 5.21. The molecule has 0 bridgehead atoms. The van der Waals surface area contributed by atoms with Crippen LogP contribution in [0.4, 0.5) is 0 Å². The summed E-state index contributed by atoms with van der Waals surface area (Å²) >= 11 is 0. The van der Waals surface area contributed by atoms with E-state index in [1.54, 1.807) is 0 Å². The van der Waals surface area contributed by atoms with Crippen molar-refractivity contribution in [1.29, 1.82) is 0 Å². The molecule has 0 aromatic heterocycles. The van der Waals surface area contributed by atoms with Gasteiger partial charge in [-0.1, -0.05) is 40.5 Å². The summed E-state index contributed by atoms with van der Waals surface area (Å²) in [5.74, 6) is 1.01. The zero-order chi connectivity index (χ0) is 14.1. The van der Waals surface area contributed by atoms with Crippen molar-refractivity contribution in [2.45, 2.75) is 66.2 Å². The van der Waals surface area contributed by atoms with Crippen LogP contribution in [0, 0.1) is 11.3 Å². The van der Waals surface area contributed by atoms with Gasteiger partial charge < -0.3 is 10.2 Å². The predicted molar refractivity (Wildman–Crippen MR) is 85.6 cm³/mol. The van der Waals surface area contributed by atoms with Crippen LogP contribution in [0.1, 0.15) is 66.2 Å². The zero-order valence-corrected chi connectivity index (χ0v) is 13.8. The van der Waals surface area contributed by atoms with Crippen LogP contribution >= 0.6 is 0 Å². The van der Waals surface area contributed by atoms with Gasteiger partial charge in [0.2, 0.25) is 0 Å². The van der Waals surface area contributed by atoms with Gasteiger partial charge >= 0.3 is 0 Å². The Kier molecular flexibility index (Phi) is 8.01. The Bertz CT molecular complexity index is 215. The summed E-state index contributed by atoms with van der Waals surface area (Å²) in [6, 6.07) is 0. The minimum absolute atomic E-state index is 0.494. The first kappa shape index (κ1) is 17.0. The minimum Gasteiger partial charge on any atom is -0.316 e. The molecule has 0 radical (unpaired) electrons. The number of likely N-dealkylation sites (tertiary alicyclic amines) is 1. The van der Waals surface area contributed by atoms with E-state index in [2.05, 4.69) is 37.9 Å². The molecule has 1 aliphatic heterocycles. The third-order valence-electron chi connectivity index (χ3n) is 5.21. The highest BCUT2D eigenvalue weighted by atomic mass is 15.1. The molecule has 0 aromatic rings. The number of piperidine rings is 1. The summed E-state index contributed by atoms with van der Waals surface area (Å²) < 4.78 is 0. The Morgan fingerprint density at radius 1 is 1.05 bits per heavy atom. The monoisotopic (exact) mass is 268 g/mol. The summed E-state index contributed by atoms with van der Waals surface area (Å²) in [6.45, 7) is 15.5. The zero-order valence-electron chi connectivity index (χ0n) is 13.8. The summed E-state index contributed by atoms with van der Waals surface area (Å²) in [7, 11) is 0. The second kappa shape index (κ2) is 8.97. The fourth-order valence-electron chi connectivity index (χ4n) is 3.49. The maximum absolute atomic E-state index is 3.58. The van der Waals surface area contributed by atoms with Gasteiger partial charge in [-0.2, -0.15) is 0 Å². The van der Waals surface area contributed by atoms with E-state index in [1.807, 2.05) is 0 Å². The van der Waals surface area contributed by atoms with Gasteiger partial charge in [0, 0.05) is 13.1 Å². The summed E-state index contributed by atoms with van der Waals surface area (Å²) in [4.78, 5) is 2.73. The Morgan fingerprint density at radius 3 is 2.16 bits per heavy atom. The smallest absolute Gasteiger partial charge is 0.00499 e. The van der Waals surface area contributed by atoms with Crippen molar-refractivity contribution in [2.24, 2.45) is 11.3 Å². The fraction of sp³-hybridized carbons (Fsp3) is 1.00. The van der Waals surface area contributed by atoms with Gasteiger partial charge in [-0.05, 0) is 56.7 Å². The molecule has 1 fully saturated rings. The van der Waals surface area contributed by atoms with Crippen LogP contribution in [0.2, 0.25) is 0 Å². The maximum atomic E-state index is 3.58. The highest BCUT2D eigenvalue weighted by molar-refractivity contribution is 4.84. The van der Waals surface area contributed by atoms with Crippen LogP contribution in [0.25, 0.3) is 0 Å². The number of nitrogens with zero attached hydrogens (tertiary/aromatic N) is 1. The molecule has 0 aromatic carbocycles. The number of hydrogen-bond acceptors (Lipinski definition) is 2. The van der Waals surface area contributed by atoms with E-state index in [4.69, 9.17) is 0 Å². The molecule has 1 saturated heterocycles. The molecule has 0 atom stereocenters. The van der Waals surface area contributed by atoms with Gasteiger partial charge in [0.25, 0.3) is 0 Å². The normalized spacial score (nSPS) is 18.9. The maximum Gasteiger partial charge on any atom is 0.00499 e. The average molecular weight is 268 g/mol. The van der Waals surface area contributed by atoms with Gasteiger partial charge in [-0.25, -0.2) is 0 Å². The van der Waals surface area contributed by atoms with Crippen LogP contribution < -0.4 is 5.32 Å². The molecule has 0 amide bonds. The van der Waals surface area contributed by atoms with E-state index in [1.165, 1.54) is 64.7 Å². The molecule has 2 heteroatoms. The summed E-state index contributed by atoms with van der Waals surface area (Å²) in [6.07, 6.45) is 8.25. The van der Waals surface area contributed by atoms with Gasteiger partial charge in [0.15, 0.2) is 0 Å². The second-order valence-electron chi connectivity index (χ2n) is 6.50. The first-order chi connectivity index (χ1) is 9.19. The van der Waals surface area contributed by atoms with Crippen molar-refractivity contribution in [2.75, 3.05) is 32.7 Å². The van der Waals surface area contributed by atoms with Crippen LogP contribution in [-0.2, 0) is 0 Å². The van der Waals surface area contributed by atoms with E-state index in [0.717, 1.165) is 12.5 Å². The highest BCUT2D eigenvalue weighted by Gasteiger charge is 2.30. The van der Waals surface area contributed by atoms with Crippen LogP contribution in [0.3, 0.4) is 0 Å². The molecule has 1 aliphatic rings. The molecule has 1 N–H and O–H groups in total. The number of hydrogen-bond donors (Lipinski definition) is 1. The minimum atomic E-state index is 0.494. The standard InChI is InChI=1S/C17H36N2/c1-5-9-16-10-12-19(13-11-16)15-17(6-2,7-3)14-18-8-4/h16,18H,5-15H2,1-4H3. The van der Waals surface area contributed by atoms with Crippen molar-refractivity contribution >= 4 is 0 Å². The number of nitrogens with one attached hydrogen (secondary N) is 1. The van der Waals surface area contributed by atoms with Gasteiger partial charge in [-0.15, -0.1) is 0 Å². The molecule has 19 heavy (non-hydrogen) atoms. The first-order valence-corrected chi connectivity index (χ1v) is 8.62. The molecule has 114 valence electrons. The van der Waals surface area contributed by atoms with Crippen LogP contribution in [0.15, 0.2) is 0 Å². The molecular formula is C17H36N2. The lowest BCUT2D eigenvalue weighted by atomic mass is 9.80. The molecule has 0 saturated carbocycles. The van der Waals surface area contributed by atoms with E-state index in [9.17, 15) is 0 Å². The lowest BCUT2D eigenvalue weighted by Gasteiger charge is -2.40. The van der Waals surface area contributed by atoms with Crippen molar-refractivity contribution in [3.8, 4) is 0 Å². The quantitative estimate of drug-likeness (QED) is 0.682. The Labute approximate surface area is 121 Å². The Balaban J connectivity index is 2.42. The van der Waals surface area contributed by atoms with Gasteiger partial charge in [-0.3, -0.25) is 0 Å². The van der Waals surface area contributed by atoms with Crippen molar-refractivity contribution in [3.63, 3.8) is 0 Å². The average Bonchev–Trinajstić information content (AvgIpc) is 2.46. The van der Waals surface area contributed by atoms with E-state index < -0.39 is 0 Å². The molecule has 1 heterocycles. The molecule has 0 unspecified atom stereocenters. The second-order valence-corrected chi connectivity index (χ2v) is 6.50. The number of rotatable bonds is 9. The van der Waals surface area contributed by atoms with Gasteiger partial charge in [0.1, 0.15) is 0 Å². The molecule has 2 nitrogen and oxygen atoms in total. The summed E-state index contributed by atoms with van der Waals surface area (Å²) in [5, 5.41) is 3.58. The molecule has 0 spiro atoms. The van der Waals surface area contributed by atoms with E-state index in [-0.39, 0.29) is 0 Å². The lowest BCUT2D eigenvalue weighted by molar-refractivity contribution is 0.0986. The van der Waals surface area contributed by atoms with Crippen LogP contribution in [-0.4, -0.2) is 37.6 Å². The van der Waals surface area contributed by atoms with Crippen molar-refractivity contribution < 1.29 is 0 Å². The molecule has 1 rings (SSSR count). The van der Waals surface area contributed by atoms with E-state index in [0.29, 0.717) is 5.41 Å². The Morgan fingerprint density at radius 2 is 1.68 bits per heavy atom. The summed E-state index contributed by atoms with van der Waals surface area (Å²) in [5.41, 5.74) is 0.494. The SMILES string of the molecule is CCCC1CCN(CC(CC)(CC)CNCC)CC1. The van der Waals surface area contributed by atoms with E-state index >= 15 is 0 Å². The van der Waals surface area contributed by atoms with Crippen molar-refractivity contribution in [3.05, 3.63) is 0 Å². The Hall–Kier alpha value is -0.0800. The van der Waals surface area contributed by atoms with Crippen LogP contribution in [0.5, 0.6) is 0 Å². The highest BCUT2D eigenvalue weighted by Crippen LogP contribution is 2.30. The fourth-order valence-corrected chi connectivity index (χ4v) is 3.49. The topological polar surface area (TPSA) is 15.3 Å². The third kappa shape index (κ3) is 5.43. The molecular weight excluding hydrogens is 232 g/mol. The van der Waals surface area contributed by atoms with Crippen molar-refractivity contribution in [1.82, 2.24) is 10.2 Å². The first-order valence-electron chi connectivity index (χ1n) is 8.62. The lowest BCUT2D eigenvalue weighted by Crippen LogP contribution is -2.46. The molecule has 0 aliphatic carbocycles. The predicted octanol–water partition coefficient (Wildman–Crippen LogP) is 3.91.